The van der Waals surface area contributed by atoms with Gasteiger partial charge >= 0.3 is 0 Å². The van der Waals surface area contributed by atoms with Gasteiger partial charge in [-0.25, -0.2) is 0 Å². The second-order valence-corrected chi connectivity index (χ2v) is 8.21. The highest BCUT2D eigenvalue weighted by Gasteiger charge is 2.35. The van der Waals surface area contributed by atoms with Crippen molar-refractivity contribution >= 4 is 5.91 Å². The minimum atomic E-state index is 0.202. The lowest BCUT2D eigenvalue weighted by molar-refractivity contribution is -0.138. The quantitative estimate of drug-likeness (QED) is 0.824. The molecule has 2 unspecified atom stereocenters. The summed E-state index contributed by atoms with van der Waals surface area (Å²) < 4.78 is 0. The molecule has 1 aliphatic carbocycles. The highest BCUT2D eigenvalue weighted by molar-refractivity contribution is 5.79. The maximum absolute atomic E-state index is 12.8. The lowest BCUT2D eigenvalue weighted by atomic mass is 9.94. The number of likely N-dealkylation sites (tertiary alicyclic amines) is 1. The zero-order chi connectivity index (χ0) is 17.1. The highest BCUT2D eigenvalue weighted by Crippen LogP contribution is 2.32. The lowest BCUT2D eigenvalue weighted by Crippen LogP contribution is -2.52. The fourth-order valence-corrected chi connectivity index (χ4v) is 5.02. The van der Waals surface area contributed by atoms with Gasteiger partial charge in [-0.15, -0.1) is 0 Å². The van der Waals surface area contributed by atoms with Gasteiger partial charge in [0.2, 0.25) is 5.91 Å². The molecule has 5 heteroatoms. The van der Waals surface area contributed by atoms with Crippen LogP contribution in [0, 0.1) is 11.8 Å². The normalized spacial score (nSPS) is 35.7. The smallest absolute Gasteiger partial charge is 0.226 e. The van der Waals surface area contributed by atoms with E-state index in [4.69, 9.17) is 5.73 Å². The Morgan fingerprint density at radius 2 is 1.62 bits per heavy atom. The standard InChI is InChI=1S/C19H36N4O/c1-15-6-7-16(2)23(15)13-10-21-8-11-22(12-9-21)19(24)18-5-3-4-17(18)14-20/h15-18H,3-14,20H2,1-2H3/t15?,16?,17-,18-/m1/s1. The summed E-state index contributed by atoms with van der Waals surface area (Å²) >= 11 is 0. The predicted molar refractivity (Wildman–Crippen MR) is 97.8 cm³/mol. The van der Waals surface area contributed by atoms with Gasteiger partial charge in [0.15, 0.2) is 0 Å². The van der Waals surface area contributed by atoms with Crippen LogP contribution >= 0.6 is 0 Å². The summed E-state index contributed by atoms with van der Waals surface area (Å²) in [6, 6.07) is 1.47. The summed E-state index contributed by atoms with van der Waals surface area (Å²) in [6.07, 6.45) is 6.04. The molecule has 2 aliphatic heterocycles. The van der Waals surface area contributed by atoms with Crippen LogP contribution < -0.4 is 5.73 Å². The van der Waals surface area contributed by atoms with Crippen LogP contribution in [0.25, 0.3) is 0 Å². The van der Waals surface area contributed by atoms with Crippen molar-refractivity contribution in [3.05, 3.63) is 0 Å². The molecule has 0 spiro atoms. The largest absolute Gasteiger partial charge is 0.340 e. The van der Waals surface area contributed by atoms with Gasteiger partial charge in [0, 0.05) is 57.3 Å². The minimum Gasteiger partial charge on any atom is -0.340 e. The zero-order valence-electron chi connectivity index (χ0n) is 15.6. The van der Waals surface area contributed by atoms with E-state index in [1.807, 2.05) is 0 Å². The van der Waals surface area contributed by atoms with Crippen molar-refractivity contribution in [3.8, 4) is 0 Å². The number of carbonyl (C=O) groups excluding carboxylic acids is 1. The van der Waals surface area contributed by atoms with E-state index in [9.17, 15) is 4.79 Å². The molecule has 0 aromatic heterocycles. The van der Waals surface area contributed by atoms with Gasteiger partial charge in [0.05, 0.1) is 0 Å². The van der Waals surface area contributed by atoms with Crippen LogP contribution in [0.2, 0.25) is 0 Å². The molecular weight excluding hydrogens is 300 g/mol. The Morgan fingerprint density at radius 1 is 0.958 bits per heavy atom. The first-order chi connectivity index (χ1) is 11.6. The van der Waals surface area contributed by atoms with Crippen molar-refractivity contribution in [3.63, 3.8) is 0 Å². The van der Waals surface area contributed by atoms with Crippen molar-refractivity contribution < 1.29 is 4.79 Å². The van der Waals surface area contributed by atoms with Crippen LogP contribution in [0.4, 0.5) is 0 Å². The number of nitrogens with two attached hydrogens (primary N) is 1. The van der Waals surface area contributed by atoms with Gasteiger partial charge in [-0.05, 0) is 52.0 Å². The van der Waals surface area contributed by atoms with Gasteiger partial charge in [-0.1, -0.05) is 6.42 Å². The molecule has 3 fully saturated rings. The summed E-state index contributed by atoms with van der Waals surface area (Å²) in [5.74, 6) is 1.01. The summed E-state index contributed by atoms with van der Waals surface area (Å²) in [4.78, 5) is 20.1. The summed E-state index contributed by atoms with van der Waals surface area (Å²) in [7, 11) is 0. The Hall–Kier alpha value is -0.650. The molecule has 4 atom stereocenters. The molecule has 0 bridgehead atoms. The third-order valence-electron chi connectivity index (χ3n) is 6.77. The van der Waals surface area contributed by atoms with Crippen molar-refractivity contribution in [2.45, 2.75) is 58.0 Å². The molecule has 3 aliphatic rings. The topological polar surface area (TPSA) is 52.8 Å². The third kappa shape index (κ3) is 3.94. The van der Waals surface area contributed by atoms with E-state index >= 15 is 0 Å². The van der Waals surface area contributed by atoms with Gasteiger partial charge in [0.25, 0.3) is 0 Å². The molecule has 1 saturated carbocycles. The molecule has 3 rings (SSSR count). The molecule has 0 aromatic rings. The summed E-state index contributed by atoms with van der Waals surface area (Å²) in [5, 5.41) is 0. The predicted octanol–water partition coefficient (Wildman–Crippen LogP) is 1.38. The number of amides is 1. The molecule has 5 nitrogen and oxygen atoms in total. The number of piperazine rings is 1. The SMILES string of the molecule is CC1CCC(C)N1CCN1CCN(C(=O)[C@@H]2CCC[C@@H]2CN)CC1. The lowest BCUT2D eigenvalue weighted by Gasteiger charge is -2.38. The van der Waals surface area contributed by atoms with E-state index in [2.05, 4.69) is 28.5 Å². The zero-order valence-corrected chi connectivity index (χ0v) is 15.6. The van der Waals surface area contributed by atoms with Gasteiger partial charge in [-0.3, -0.25) is 14.6 Å². The molecule has 138 valence electrons. The first-order valence-corrected chi connectivity index (χ1v) is 10.1. The molecule has 0 aromatic carbocycles. The van der Waals surface area contributed by atoms with E-state index in [1.54, 1.807) is 0 Å². The highest BCUT2D eigenvalue weighted by atomic mass is 16.2. The number of hydrogen-bond acceptors (Lipinski definition) is 4. The number of rotatable bonds is 5. The van der Waals surface area contributed by atoms with Crippen molar-refractivity contribution in [2.24, 2.45) is 17.6 Å². The van der Waals surface area contributed by atoms with Crippen LogP contribution in [0.5, 0.6) is 0 Å². The second kappa shape index (κ2) is 8.15. The van der Waals surface area contributed by atoms with E-state index in [0.717, 1.165) is 57.6 Å². The fraction of sp³-hybridized carbons (Fsp3) is 0.947. The van der Waals surface area contributed by atoms with Crippen LogP contribution in [-0.4, -0.2) is 78.5 Å². The summed E-state index contributed by atoms with van der Waals surface area (Å²) in [6.45, 7) is 11.6. The van der Waals surface area contributed by atoms with E-state index < -0.39 is 0 Å². The second-order valence-electron chi connectivity index (χ2n) is 8.21. The molecule has 24 heavy (non-hydrogen) atoms. The molecule has 2 saturated heterocycles. The van der Waals surface area contributed by atoms with Crippen molar-refractivity contribution in [1.82, 2.24) is 14.7 Å². The van der Waals surface area contributed by atoms with E-state index in [-0.39, 0.29) is 5.92 Å². The van der Waals surface area contributed by atoms with Crippen LogP contribution in [-0.2, 0) is 4.79 Å². The Labute approximate surface area is 147 Å². The molecule has 2 N–H and O–H groups in total. The summed E-state index contributed by atoms with van der Waals surface area (Å²) in [5.41, 5.74) is 5.85. The maximum atomic E-state index is 12.8. The van der Waals surface area contributed by atoms with E-state index in [0.29, 0.717) is 18.4 Å². The van der Waals surface area contributed by atoms with Crippen LogP contribution in [0.1, 0.15) is 46.0 Å². The average molecular weight is 337 g/mol. The minimum absolute atomic E-state index is 0.202. The Kier molecular flexibility index (Phi) is 6.17. The van der Waals surface area contributed by atoms with Crippen LogP contribution in [0.15, 0.2) is 0 Å². The number of nitrogens with zero attached hydrogens (tertiary/aromatic N) is 3. The number of hydrogen-bond donors (Lipinski definition) is 1. The van der Waals surface area contributed by atoms with Crippen LogP contribution in [0.3, 0.4) is 0 Å². The third-order valence-corrected chi connectivity index (χ3v) is 6.77. The fourth-order valence-electron chi connectivity index (χ4n) is 5.02. The monoisotopic (exact) mass is 336 g/mol. The molecular formula is C19H36N4O. The Bertz CT molecular complexity index is 412. The molecule has 2 heterocycles. The average Bonchev–Trinajstić information content (AvgIpc) is 3.20. The Morgan fingerprint density at radius 3 is 2.25 bits per heavy atom. The molecule has 0 radical (unpaired) electrons. The number of carbonyl (C=O) groups is 1. The Balaban J connectivity index is 1.41. The van der Waals surface area contributed by atoms with Crippen molar-refractivity contribution in [2.75, 3.05) is 45.8 Å². The van der Waals surface area contributed by atoms with Gasteiger partial charge < -0.3 is 10.6 Å². The van der Waals surface area contributed by atoms with E-state index in [1.165, 1.54) is 25.8 Å². The van der Waals surface area contributed by atoms with Crippen molar-refractivity contribution in [1.29, 1.82) is 0 Å². The molecule has 1 amide bonds. The maximum Gasteiger partial charge on any atom is 0.226 e. The van der Waals surface area contributed by atoms with Gasteiger partial charge in [0.1, 0.15) is 0 Å². The van der Waals surface area contributed by atoms with Gasteiger partial charge in [-0.2, -0.15) is 0 Å². The first kappa shape index (κ1) is 18.2. The first-order valence-electron chi connectivity index (χ1n) is 10.1.